The highest BCUT2D eigenvalue weighted by Crippen LogP contribution is 2.23. The molecule has 0 bridgehead atoms. The van der Waals surface area contributed by atoms with Crippen molar-refractivity contribution in [2.75, 3.05) is 17.7 Å². The SMILES string of the molecule is CCCOc1cc(N)cc(NCc2cscn2)c1. The molecular formula is C13H17N3OS. The summed E-state index contributed by atoms with van der Waals surface area (Å²) in [6.07, 6.45) is 0.983. The number of thiazole rings is 1. The fourth-order valence-electron chi connectivity index (χ4n) is 1.54. The van der Waals surface area contributed by atoms with Gasteiger partial charge < -0.3 is 15.8 Å². The van der Waals surface area contributed by atoms with Gasteiger partial charge in [-0.1, -0.05) is 6.92 Å². The molecule has 0 spiro atoms. The Balaban J connectivity index is 2.00. The van der Waals surface area contributed by atoms with E-state index in [0.717, 1.165) is 23.6 Å². The zero-order valence-corrected chi connectivity index (χ0v) is 11.2. The second-order valence-electron chi connectivity index (χ2n) is 3.97. The van der Waals surface area contributed by atoms with E-state index in [1.165, 1.54) is 0 Å². The molecule has 0 aliphatic carbocycles. The zero-order chi connectivity index (χ0) is 12.8. The quantitative estimate of drug-likeness (QED) is 0.786. The molecule has 0 fully saturated rings. The number of anilines is 2. The largest absolute Gasteiger partial charge is 0.493 e. The fourth-order valence-corrected chi connectivity index (χ4v) is 2.10. The van der Waals surface area contributed by atoms with E-state index in [0.29, 0.717) is 18.8 Å². The van der Waals surface area contributed by atoms with E-state index in [4.69, 9.17) is 10.5 Å². The second-order valence-corrected chi connectivity index (χ2v) is 4.69. The molecule has 0 aliphatic heterocycles. The average Bonchev–Trinajstić information content (AvgIpc) is 2.86. The first-order valence-corrected chi connectivity index (χ1v) is 6.86. The summed E-state index contributed by atoms with van der Waals surface area (Å²) >= 11 is 1.59. The van der Waals surface area contributed by atoms with Gasteiger partial charge in [0.2, 0.25) is 0 Å². The summed E-state index contributed by atoms with van der Waals surface area (Å²) in [6.45, 7) is 3.48. The van der Waals surface area contributed by atoms with Crippen LogP contribution in [0, 0.1) is 0 Å². The Bertz CT molecular complexity index is 485. The standard InChI is InChI=1S/C13H17N3OS/c1-2-3-17-13-5-10(14)4-11(6-13)15-7-12-8-18-9-16-12/h4-6,8-9,15H,2-3,7,14H2,1H3. The lowest BCUT2D eigenvalue weighted by atomic mass is 10.2. The molecule has 5 heteroatoms. The van der Waals surface area contributed by atoms with Gasteiger partial charge in [0, 0.05) is 28.9 Å². The molecule has 2 aromatic rings. The van der Waals surface area contributed by atoms with Gasteiger partial charge in [-0.3, -0.25) is 0 Å². The number of aromatic nitrogens is 1. The number of ether oxygens (including phenoxy) is 1. The molecule has 96 valence electrons. The maximum Gasteiger partial charge on any atom is 0.123 e. The number of hydrogen-bond acceptors (Lipinski definition) is 5. The molecule has 0 saturated heterocycles. The predicted molar refractivity (Wildman–Crippen MR) is 76.1 cm³/mol. The van der Waals surface area contributed by atoms with Crippen LogP contribution < -0.4 is 15.8 Å². The van der Waals surface area contributed by atoms with E-state index in [2.05, 4.69) is 17.2 Å². The Kier molecular flexibility index (Phi) is 4.41. The van der Waals surface area contributed by atoms with Crippen LogP contribution in [0.25, 0.3) is 0 Å². The lowest BCUT2D eigenvalue weighted by Gasteiger charge is -2.10. The van der Waals surface area contributed by atoms with Crippen molar-refractivity contribution in [2.24, 2.45) is 0 Å². The molecular weight excluding hydrogens is 246 g/mol. The van der Waals surface area contributed by atoms with Gasteiger partial charge in [-0.15, -0.1) is 11.3 Å². The van der Waals surface area contributed by atoms with Crippen molar-refractivity contribution < 1.29 is 4.74 Å². The normalized spacial score (nSPS) is 10.3. The Hall–Kier alpha value is -1.75. The van der Waals surface area contributed by atoms with E-state index < -0.39 is 0 Å². The van der Waals surface area contributed by atoms with E-state index >= 15 is 0 Å². The monoisotopic (exact) mass is 263 g/mol. The van der Waals surface area contributed by atoms with Gasteiger partial charge in [-0.2, -0.15) is 0 Å². The second kappa shape index (κ2) is 6.26. The Labute approximate surface area is 111 Å². The minimum atomic E-state index is 0.695. The van der Waals surface area contributed by atoms with Crippen LogP contribution in [0.5, 0.6) is 5.75 Å². The van der Waals surface area contributed by atoms with E-state index in [1.807, 2.05) is 29.1 Å². The molecule has 1 aromatic heterocycles. The van der Waals surface area contributed by atoms with Crippen LogP contribution >= 0.6 is 11.3 Å². The number of rotatable bonds is 6. The molecule has 1 aromatic carbocycles. The third-order valence-electron chi connectivity index (χ3n) is 2.36. The summed E-state index contributed by atoms with van der Waals surface area (Å²) in [7, 11) is 0. The molecule has 18 heavy (non-hydrogen) atoms. The summed E-state index contributed by atoms with van der Waals surface area (Å²) < 4.78 is 5.58. The zero-order valence-electron chi connectivity index (χ0n) is 10.3. The lowest BCUT2D eigenvalue weighted by molar-refractivity contribution is 0.318. The molecule has 0 aliphatic rings. The van der Waals surface area contributed by atoms with Crippen molar-refractivity contribution in [3.8, 4) is 5.75 Å². The summed E-state index contributed by atoms with van der Waals surface area (Å²) in [5.41, 5.74) is 10.3. The molecule has 0 amide bonds. The number of nitrogens with two attached hydrogens (primary N) is 1. The number of nitrogens with zero attached hydrogens (tertiary/aromatic N) is 1. The Morgan fingerprint density at radius 2 is 2.28 bits per heavy atom. The molecule has 0 atom stereocenters. The summed E-state index contributed by atoms with van der Waals surface area (Å²) in [5, 5.41) is 5.31. The summed E-state index contributed by atoms with van der Waals surface area (Å²) in [6, 6.07) is 5.69. The van der Waals surface area contributed by atoms with E-state index in [9.17, 15) is 0 Å². The molecule has 4 nitrogen and oxygen atoms in total. The van der Waals surface area contributed by atoms with Gasteiger partial charge in [0.1, 0.15) is 5.75 Å². The third-order valence-corrected chi connectivity index (χ3v) is 2.99. The molecule has 0 radical (unpaired) electrons. The minimum Gasteiger partial charge on any atom is -0.493 e. The van der Waals surface area contributed by atoms with Crippen molar-refractivity contribution >= 4 is 22.7 Å². The molecule has 0 unspecified atom stereocenters. The smallest absolute Gasteiger partial charge is 0.123 e. The number of benzene rings is 1. The number of hydrogen-bond donors (Lipinski definition) is 2. The molecule has 0 saturated carbocycles. The number of nitrogens with one attached hydrogen (secondary N) is 1. The van der Waals surface area contributed by atoms with Gasteiger partial charge in [0.05, 0.1) is 24.4 Å². The van der Waals surface area contributed by atoms with Gasteiger partial charge in [0.15, 0.2) is 0 Å². The topological polar surface area (TPSA) is 60.2 Å². The van der Waals surface area contributed by atoms with Gasteiger partial charge in [-0.05, 0) is 12.5 Å². The first-order valence-electron chi connectivity index (χ1n) is 5.92. The van der Waals surface area contributed by atoms with Crippen LogP contribution in [0.3, 0.4) is 0 Å². The highest BCUT2D eigenvalue weighted by atomic mass is 32.1. The average molecular weight is 263 g/mol. The van der Waals surface area contributed by atoms with Gasteiger partial charge in [0.25, 0.3) is 0 Å². The molecule has 2 rings (SSSR count). The first kappa shape index (κ1) is 12.7. The van der Waals surface area contributed by atoms with Crippen molar-refractivity contribution in [3.63, 3.8) is 0 Å². The van der Waals surface area contributed by atoms with Crippen LogP contribution in [0.4, 0.5) is 11.4 Å². The van der Waals surface area contributed by atoms with Crippen molar-refractivity contribution in [1.82, 2.24) is 4.98 Å². The van der Waals surface area contributed by atoms with Crippen LogP contribution in [0.2, 0.25) is 0 Å². The van der Waals surface area contributed by atoms with Gasteiger partial charge in [-0.25, -0.2) is 4.98 Å². The Morgan fingerprint density at radius 1 is 1.39 bits per heavy atom. The van der Waals surface area contributed by atoms with Gasteiger partial charge >= 0.3 is 0 Å². The van der Waals surface area contributed by atoms with Crippen molar-refractivity contribution in [2.45, 2.75) is 19.9 Å². The third kappa shape index (κ3) is 3.63. The molecule has 1 heterocycles. The van der Waals surface area contributed by atoms with Crippen molar-refractivity contribution in [1.29, 1.82) is 0 Å². The van der Waals surface area contributed by atoms with E-state index in [-0.39, 0.29) is 0 Å². The molecule has 3 N–H and O–H groups in total. The maximum absolute atomic E-state index is 5.85. The lowest BCUT2D eigenvalue weighted by Crippen LogP contribution is -2.02. The minimum absolute atomic E-state index is 0.695. The van der Waals surface area contributed by atoms with Crippen LogP contribution in [-0.2, 0) is 6.54 Å². The van der Waals surface area contributed by atoms with Crippen LogP contribution in [0.15, 0.2) is 29.1 Å². The predicted octanol–water partition coefficient (Wildman–Crippen LogP) is 3.13. The van der Waals surface area contributed by atoms with Crippen LogP contribution in [-0.4, -0.2) is 11.6 Å². The summed E-state index contributed by atoms with van der Waals surface area (Å²) in [4.78, 5) is 4.22. The van der Waals surface area contributed by atoms with Crippen LogP contribution in [0.1, 0.15) is 19.0 Å². The highest BCUT2D eigenvalue weighted by molar-refractivity contribution is 7.07. The number of nitrogen functional groups attached to an aromatic ring is 1. The highest BCUT2D eigenvalue weighted by Gasteiger charge is 2.01. The fraction of sp³-hybridized carbons (Fsp3) is 0.308. The first-order chi connectivity index (χ1) is 8.78. The van der Waals surface area contributed by atoms with Crippen molar-refractivity contribution in [3.05, 3.63) is 34.8 Å². The van der Waals surface area contributed by atoms with E-state index in [1.54, 1.807) is 11.3 Å². The Morgan fingerprint density at radius 3 is 3.00 bits per heavy atom. The maximum atomic E-state index is 5.85. The summed E-state index contributed by atoms with van der Waals surface area (Å²) in [5.74, 6) is 0.803.